The average Bonchev–Trinajstić information content (AvgIpc) is 3.38. The molecule has 0 radical (unpaired) electrons. The Morgan fingerprint density at radius 1 is 0.889 bits per heavy atom. The van der Waals surface area contributed by atoms with Crippen LogP contribution in [0.25, 0.3) is 22.4 Å². The molecule has 0 aliphatic rings. The molecule has 2 heterocycles. The second kappa shape index (κ2) is 8.44. The predicted octanol–water partition coefficient (Wildman–Crippen LogP) is 7.32. The quantitative estimate of drug-likeness (QED) is 0.256. The van der Waals surface area contributed by atoms with Gasteiger partial charge in [-0.05, 0) is 36.4 Å². The SMILES string of the molecule is N#Cc1ccc2c(cc(C(F)(F)F)n2Cc2noc(-c3cc(C(F)(F)F)cc(C(F)(F)F)c3)n2)c1Cl. The number of benzene rings is 2. The number of hydrogen-bond acceptors (Lipinski definition) is 4. The number of aromatic nitrogens is 3. The molecule has 15 heteroatoms. The Hall–Kier alpha value is -3.73. The van der Waals surface area contributed by atoms with Gasteiger partial charge < -0.3 is 9.09 Å². The molecule has 0 atom stereocenters. The van der Waals surface area contributed by atoms with Gasteiger partial charge in [-0.25, -0.2) is 0 Å². The molecule has 4 rings (SSSR count). The summed E-state index contributed by atoms with van der Waals surface area (Å²) in [6.07, 6.45) is -15.2. The lowest BCUT2D eigenvalue weighted by molar-refractivity contribution is -0.144. The molecule has 0 unspecified atom stereocenters. The fraction of sp³-hybridized carbons (Fsp3) is 0.190. The van der Waals surface area contributed by atoms with Gasteiger partial charge in [0.15, 0.2) is 5.82 Å². The maximum atomic E-state index is 13.7. The van der Waals surface area contributed by atoms with Crippen LogP contribution in [0.15, 0.2) is 40.9 Å². The van der Waals surface area contributed by atoms with Crippen molar-refractivity contribution in [2.45, 2.75) is 25.1 Å². The van der Waals surface area contributed by atoms with E-state index in [0.29, 0.717) is 22.8 Å². The molecule has 188 valence electrons. The minimum absolute atomic E-state index is 0.0731. The lowest BCUT2D eigenvalue weighted by atomic mass is 10.0. The Balaban J connectivity index is 1.80. The minimum Gasteiger partial charge on any atom is -0.334 e. The summed E-state index contributed by atoms with van der Waals surface area (Å²) in [6.45, 7) is -0.727. The molecule has 36 heavy (non-hydrogen) atoms. The summed E-state index contributed by atoms with van der Waals surface area (Å²) in [4.78, 5) is 3.70. The molecule has 0 aliphatic heterocycles. The van der Waals surface area contributed by atoms with Gasteiger partial charge in [-0.2, -0.15) is 49.8 Å². The molecule has 0 fully saturated rings. The fourth-order valence-corrected chi connectivity index (χ4v) is 3.70. The van der Waals surface area contributed by atoms with Crippen molar-refractivity contribution in [2.24, 2.45) is 0 Å². The Bertz CT molecular complexity index is 1480. The third-order valence-electron chi connectivity index (χ3n) is 5.03. The summed E-state index contributed by atoms with van der Waals surface area (Å²) in [5.41, 5.74) is -5.36. The van der Waals surface area contributed by atoms with Crippen LogP contribution < -0.4 is 0 Å². The van der Waals surface area contributed by atoms with Gasteiger partial charge in [-0.1, -0.05) is 16.8 Å². The Morgan fingerprint density at radius 3 is 2.03 bits per heavy atom. The van der Waals surface area contributed by atoms with Crippen LogP contribution >= 0.6 is 11.6 Å². The summed E-state index contributed by atoms with van der Waals surface area (Å²) in [6, 6.07) is 5.41. The van der Waals surface area contributed by atoms with Gasteiger partial charge in [-0.15, -0.1) is 0 Å². The zero-order valence-corrected chi connectivity index (χ0v) is 17.9. The van der Waals surface area contributed by atoms with Crippen LogP contribution in [-0.4, -0.2) is 14.7 Å². The number of hydrogen-bond donors (Lipinski definition) is 0. The molecule has 2 aromatic heterocycles. The normalized spacial score (nSPS) is 12.8. The molecule has 0 bridgehead atoms. The van der Waals surface area contributed by atoms with E-state index < -0.39 is 59.2 Å². The predicted molar refractivity (Wildman–Crippen MR) is 106 cm³/mol. The second-order valence-electron chi connectivity index (χ2n) is 7.40. The molecule has 0 spiro atoms. The Kier molecular flexibility index (Phi) is 5.95. The molecule has 0 amide bonds. The van der Waals surface area contributed by atoms with Gasteiger partial charge in [0.1, 0.15) is 11.8 Å². The minimum atomic E-state index is -5.13. The first-order valence-corrected chi connectivity index (χ1v) is 9.89. The van der Waals surface area contributed by atoms with Crippen LogP contribution in [0.5, 0.6) is 0 Å². The van der Waals surface area contributed by atoms with Gasteiger partial charge in [0, 0.05) is 10.9 Å². The largest absolute Gasteiger partial charge is 0.431 e. The highest BCUT2D eigenvalue weighted by molar-refractivity contribution is 6.36. The van der Waals surface area contributed by atoms with Crippen LogP contribution in [-0.2, 0) is 25.1 Å². The third-order valence-corrected chi connectivity index (χ3v) is 5.44. The van der Waals surface area contributed by atoms with E-state index in [1.54, 1.807) is 6.07 Å². The van der Waals surface area contributed by atoms with Crippen LogP contribution in [0, 0.1) is 11.3 Å². The van der Waals surface area contributed by atoms with Gasteiger partial charge in [0.2, 0.25) is 0 Å². The first kappa shape index (κ1) is 25.4. The smallest absolute Gasteiger partial charge is 0.334 e. The number of fused-ring (bicyclic) bond motifs is 1. The van der Waals surface area contributed by atoms with E-state index >= 15 is 0 Å². The summed E-state index contributed by atoms with van der Waals surface area (Å²) in [5, 5.41) is 12.1. The maximum absolute atomic E-state index is 13.7. The third kappa shape index (κ3) is 4.70. The Labute approximate surface area is 199 Å². The van der Waals surface area contributed by atoms with Crippen molar-refractivity contribution in [1.82, 2.24) is 14.7 Å². The van der Waals surface area contributed by atoms with E-state index in [9.17, 15) is 39.5 Å². The molecule has 2 aromatic carbocycles. The van der Waals surface area contributed by atoms with Crippen molar-refractivity contribution in [3.63, 3.8) is 0 Å². The van der Waals surface area contributed by atoms with Crippen molar-refractivity contribution >= 4 is 22.5 Å². The molecule has 0 aliphatic carbocycles. The summed E-state index contributed by atoms with van der Waals surface area (Å²) < 4.78 is 125. The summed E-state index contributed by atoms with van der Waals surface area (Å²) in [5.74, 6) is -1.24. The molecular formula is C21H8ClF9N4O. The van der Waals surface area contributed by atoms with Crippen molar-refractivity contribution in [3.8, 4) is 17.5 Å². The van der Waals surface area contributed by atoms with Crippen molar-refractivity contribution in [3.05, 3.63) is 69.6 Å². The molecule has 0 N–H and O–H groups in total. The van der Waals surface area contributed by atoms with Crippen LogP contribution in [0.2, 0.25) is 5.02 Å². The average molecular weight is 539 g/mol. The van der Waals surface area contributed by atoms with E-state index in [2.05, 4.69) is 10.1 Å². The first-order valence-electron chi connectivity index (χ1n) is 9.51. The highest BCUT2D eigenvalue weighted by Crippen LogP contribution is 2.40. The second-order valence-corrected chi connectivity index (χ2v) is 7.77. The van der Waals surface area contributed by atoms with E-state index in [1.807, 2.05) is 0 Å². The first-order chi connectivity index (χ1) is 16.6. The number of nitrogens with zero attached hydrogens (tertiary/aromatic N) is 4. The van der Waals surface area contributed by atoms with E-state index in [0.717, 1.165) is 0 Å². The zero-order valence-electron chi connectivity index (χ0n) is 17.1. The lowest BCUT2D eigenvalue weighted by Crippen LogP contribution is -2.14. The van der Waals surface area contributed by atoms with E-state index in [-0.39, 0.29) is 27.6 Å². The van der Waals surface area contributed by atoms with Crippen molar-refractivity contribution in [1.29, 1.82) is 5.26 Å². The van der Waals surface area contributed by atoms with E-state index in [4.69, 9.17) is 21.4 Å². The summed E-state index contributed by atoms with van der Waals surface area (Å²) >= 11 is 6.03. The number of nitriles is 1. The van der Waals surface area contributed by atoms with Gasteiger partial charge >= 0.3 is 18.5 Å². The van der Waals surface area contributed by atoms with Gasteiger partial charge in [0.25, 0.3) is 5.89 Å². The monoisotopic (exact) mass is 538 g/mol. The van der Waals surface area contributed by atoms with Crippen molar-refractivity contribution in [2.75, 3.05) is 0 Å². The highest BCUT2D eigenvalue weighted by atomic mass is 35.5. The van der Waals surface area contributed by atoms with Crippen LogP contribution in [0.4, 0.5) is 39.5 Å². The fourth-order valence-electron chi connectivity index (χ4n) is 3.45. The lowest BCUT2D eigenvalue weighted by Gasteiger charge is -2.12. The van der Waals surface area contributed by atoms with Gasteiger partial charge in [-0.3, -0.25) is 0 Å². The molecule has 0 saturated heterocycles. The molecule has 0 saturated carbocycles. The standard InChI is InChI=1S/C21H8ClF9N4O/c22-17-9(7-32)1-2-14-13(17)6-15(21(29,30)31)35(14)8-16-33-18(36-34-16)10-3-11(19(23,24)25)5-12(4-10)20(26,27)28/h1-6H,8H2. The maximum Gasteiger partial charge on any atom is 0.431 e. The van der Waals surface area contributed by atoms with Crippen molar-refractivity contribution < 1.29 is 44.0 Å². The number of halogens is 10. The van der Waals surface area contributed by atoms with Crippen LogP contribution in [0.3, 0.4) is 0 Å². The number of rotatable bonds is 3. The van der Waals surface area contributed by atoms with Crippen LogP contribution in [0.1, 0.15) is 28.2 Å². The topological polar surface area (TPSA) is 67.6 Å². The molecule has 4 aromatic rings. The van der Waals surface area contributed by atoms with Gasteiger partial charge in [0.05, 0.1) is 33.8 Å². The number of alkyl halides is 9. The zero-order chi connectivity index (χ0) is 26.6. The highest BCUT2D eigenvalue weighted by Gasteiger charge is 2.38. The van der Waals surface area contributed by atoms with E-state index in [1.165, 1.54) is 12.1 Å². The molecular weight excluding hydrogens is 531 g/mol. The summed E-state index contributed by atoms with van der Waals surface area (Å²) in [7, 11) is 0. The molecule has 5 nitrogen and oxygen atoms in total. The Morgan fingerprint density at radius 2 is 1.50 bits per heavy atom.